The monoisotopic (exact) mass is 288 g/mol. The van der Waals surface area contributed by atoms with Gasteiger partial charge in [0.05, 0.1) is 10.6 Å². The molecule has 1 atom stereocenters. The van der Waals surface area contributed by atoms with E-state index < -0.39 is 0 Å². The first-order valence-electron chi connectivity index (χ1n) is 7.09. The Kier molecular flexibility index (Phi) is 4.15. The van der Waals surface area contributed by atoms with E-state index in [1.165, 1.54) is 23.3 Å². The van der Waals surface area contributed by atoms with Crippen LogP contribution in [0, 0.1) is 0 Å². The van der Waals surface area contributed by atoms with Crippen molar-refractivity contribution in [2.45, 2.75) is 38.5 Å². The number of ether oxygens (including phenoxy) is 1. The van der Waals surface area contributed by atoms with Crippen molar-refractivity contribution in [2.24, 2.45) is 0 Å². The van der Waals surface area contributed by atoms with Gasteiger partial charge in [0.25, 0.3) is 0 Å². The first kappa shape index (κ1) is 13.7. The molecule has 2 aromatic rings. The molecule has 0 bridgehead atoms. The molecule has 0 aliphatic heterocycles. The molecule has 3 nitrogen and oxygen atoms in total. The van der Waals surface area contributed by atoms with Gasteiger partial charge < -0.3 is 10.1 Å². The maximum Gasteiger partial charge on any atom is 0.122 e. The van der Waals surface area contributed by atoms with Crippen LogP contribution in [-0.2, 0) is 11.3 Å². The minimum atomic E-state index is 0.0529. The number of nitrogens with zero attached hydrogens (tertiary/aromatic N) is 1. The van der Waals surface area contributed by atoms with E-state index >= 15 is 0 Å². The van der Waals surface area contributed by atoms with Crippen LogP contribution in [0.3, 0.4) is 0 Å². The highest BCUT2D eigenvalue weighted by atomic mass is 32.1. The van der Waals surface area contributed by atoms with Crippen LogP contribution in [0.15, 0.2) is 30.3 Å². The third-order valence-electron chi connectivity index (χ3n) is 3.59. The van der Waals surface area contributed by atoms with Crippen molar-refractivity contribution in [1.29, 1.82) is 0 Å². The topological polar surface area (TPSA) is 34.1 Å². The van der Waals surface area contributed by atoms with Crippen LogP contribution in [0.5, 0.6) is 0 Å². The molecule has 1 unspecified atom stereocenters. The number of thiazole rings is 1. The number of hydrogen-bond donors (Lipinski definition) is 1. The van der Waals surface area contributed by atoms with E-state index in [2.05, 4.69) is 29.6 Å². The fourth-order valence-electron chi connectivity index (χ4n) is 2.11. The molecular formula is C16H20N2OS. The maximum atomic E-state index is 5.41. The molecule has 4 heteroatoms. The molecule has 0 amide bonds. The van der Waals surface area contributed by atoms with Crippen molar-refractivity contribution in [3.63, 3.8) is 0 Å². The van der Waals surface area contributed by atoms with Gasteiger partial charge >= 0.3 is 0 Å². The van der Waals surface area contributed by atoms with Crippen LogP contribution < -0.4 is 5.32 Å². The smallest absolute Gasteiger partial charge is 0.122 e. The van der Waals surface area contributed by atoms with E-state index in [0.717, 1.165) is 17.2 Å². The van der Waals surface area contributed by atoms with Crippen molar-refractivity contribution >= 4 is 11.3 Å². The lowest BCUT2D eigenvalue weighted by atomic mass is 10.1. The van der Waals surface area contributed by atoms with Gasteiger partial charge in [0.1, 0.15) is 11.1 Å². The van der Waals surface area contributed by atoms with Crippen molar-refractivity contribution in [1.82, 2.24) is 10.3 Å². The molecule has 106 valence electrons. The van der Waals surface area contributed by atoms with Crippen molar-refractivity contribution < 1.29 is 4.74 Å². The van der Waals surface area contributed by atoms with E-state index in [-0.39, 0.29) is 6.10 Å². The summed E-state index contributed by atoms with van der Waals surface area (Å²) in [5, 5.41) is 4.61. The minimum absolute atomic E-state index is 0.0529. The summed E-state index contributed by atoms with van der Waals surface area (Å²) in [4.78, 5) is 6.05. The normalized spacial score (nSPS) is 16.3. The molecule has 1 fully saturated rings. The zero-order chi connectivity index (χ0) is 13.9. The molecule has 1 aliphatic rings. The highest BCUT2D eigenvalue weighted by molar-refractivity contribution is 7.15. The molecule has 1 aliphatic carbocycles. The molecule has 0 radical (unpaired) electrons. The molecule has 1 saturated carbocycles. The predicted molar refractivity (Wildman–Crippen MR) is 82.8 cm³/mol. The summed E-state index contributed by atoms with van der Waals surface area (Å²) in [5.74, 6) is 0. The van der Waals surface area contributed by atoms with E-state index in [9.17, 15) is 0 Å². The summed E-state index contributed by atoms with van der Waals surface area (Å²) in [5.41, 5.74) is 2.39. The second kappa shape index (κ2) is 6.04. The summed E-state index contributed by atoms with van der Waals surface area (Å²) >= 11 is 1.74. The molecule has 20 heavy (non-hydrogen) atoms. The lowest BCUT2D eigenvalue weighted by Gasteiger charge is -2.04. The first-order chi connectivity index (χ1) is 9.78. The van der Waals surface area contributed by atoms with Crippen LogP contribution in [0.25, 0.3) is 10.4 Å². The molecule has 1 N–H and O–H groups in total. The molecule has 3 rings (SSSR count). The summed E-state index contributed by atoms with van der Waals surface area (Å²) in [6, 6.07) is 11.2. The van der Waals surface area contributed by atoms with Gasteiger partial charge in [-0.2, -0.15) is 0 Å². The summed E-state index contributed by atoms with van der Waals surface area (Å²) in [6.07, 6.45) is 2.65. The van der Waals surface area contributed by atoms with Crippen LogP contribution >= 0.6 is 11.3 Å². The largest absolute Gasteiger partial charge is 0.375 e. The van der Waals surface area contributed by atoms with E-state index in [1.807, 2.05) is 13.0 Å². The molecule has 1 aromatic carbocycles. The zero-order valence-corrected chi connectivity index (χ0v) is 12.7. The van der Waals surface area contributed by atoms with Gasteiger partial charge in [-0.3, -0.25) is 0 Å². The van der Waals surface area contributed by atoms with Gasteiger partial charge in [-0.1, -0.05) is 30.3 Å². The second-order valence-corrected chi connectivity index (χ2v) is 6.26. The Morgan fingerprint density at radius 2 is 2.10 bits per heavy atom. The van der Waals surface area contributed by atoms with Crippen LogP contribution in [0.4, 0.5) is 0 Å². The first-order valence-corrected chi connectivity index (χ1v) is 7.90. The standard InChI is InChI=1S/C16H20N2OS/c1-11(19-2)16-18-14(10-17-13-8-9-13)15(20-16)12-6-4-3-5-7-12/h3-7,11,13,17H,8-10H2,1-2H3. The molecular weight excluding hydrogens is 268 g/mol. The number of hydrogen-bond acceptors (Lipinski definition) is 4. The van der Waals surface area contributed by atoms with Crippen LogP contribution in [0.2, 0.25) is 0 Å². The Bertz CT molecular complexity index is 563. The second-order valence-electron chi connectivity index (χ2n) is 5.23. The van der Waals surface area contributed by atoms with E-state index in [0.29, 0.717) is 6.04 Å². The third-order valence-corrected chi connectivity index (χ3v) is 4.89. The lowest BCUT2D eigenvalue weighted by molar-refractivity contribution is 0.119. The van der Waals surface area contributed by atoms with Crippen molar-refractivity contribution in [3.05, 3.63) is 41.0 Å². The summed E-state index contributed by atoms with van der Waals surface area (Å²) < 4.78 is 5.41. The van der Waals surface area contributed by atoms with Crippen molar-refractivity contribution in [2.75, 3.05) is 7.11 Å². The molecule has 1 heterocycles. The Morgan fingerprint density at radius 3 is 2.75 bits per heavy atom. The fourth-order valence-corrected chi connectivity index (χ4v) is 3.22. The Labute approximate surface area is 124 Å². The van der Waals surface area contributed by atoms with E-state index in [1.54, 1.807) is 18.4 Å². The molecule has 1 aromatic heterocycles. The average Bonchev–Trinajstić information content (AvgIpc) is 3.23. The number of aromatic nitrogens is 1. The highest BCUT2D eigenvalue weighted by Gasteiger charge is 2.22. The zero-order valence-electron chi connectivity index (χ0n) is 11.9. The van der Waals surface area contributed by atoms with Crippen LogP contribution in [0.1, 0.15) is 36.6 Å². The Hall–Kier alpha value is -1.23. The SMILES string of the molecule is COC(C)c1nc(CNC2CC2)c(-c2ccccc2)s1. The number of benzene rings is 1. The molecule has 0 saturated heterocycles. The third kappa shape index (κ3) is 3.08. The average molecular weight is 288 g/mol. The van der Waals surface area contributed by atoms with Gasteiger partial charge in [-0.05, 0) is 25.3 Å². The van der Waals surface area contributed by atoms with Gasteiger partial charge in [0.15, 0.2) is 0 Å². The van der Waals surface area contributed by atoms with Gasteiger partial charge in [-0.25, -0.2) is 4.98 Å². The van der Waals surface area contributed by atoms with Gasteiger partial charge in [-0.15, -0.1) is 11.3 Å². The van der Waals surface area contributed by atoms with Crippen LogP contribution in [-0.4, -0.2) is 18.1 Å². The summed E-state index contributed by atoms with van der Waals surface area (Å²) in [7, 11) is 1.73. The fraction of sp³-hybridized carbons (Fsp3) is 0.438. The van der Waals surface area contributed by atoms with Crippen molar-refractivity contribution in [3.8, 4) is 10.4 Å². The molecule has 0 spiro atoms. The van der Waals surface area contributed by atoms with Gasteiger partial charge in [0.2, 0.25) is 0 Å². The quantitative estimate of drug-likeness (QED) is 0.878. The van der Waals surface area contributed by atoms with E-state index in [4.69, 9.17) is 9.72 Å². The number of nitrogens with one attached hydrogen (secondary N) is 1. The predicted octanol–water partition coefficient (Wildman–Crippen LogP) is 3.77. The number of methoxy groups -OCH3 is 1. The summed E-state index contributed by atoms with van der Waals surface area (Å²) in [6.45, 7) is 2.90. The Balaban J connectivity index is 1.90. The maximum absolute atomic E-state index is 5.41. The minimum Gasteiger partial charge on any atom is -0.375 e. The lowest BCUT2D eigenvalue weighted by Crippen LogP contribution is -2.16. The Morgan fingerprint density at radius 1 is 1.35 bits per heavy atom. The van der Waals surface area contributed by atoms with Gasteiger partial charge in [0, 0.05) is 19.7 Å². The highest BCUT2D eigenvalue weighted by Crippen LogP contribution is 2.34. The number of rotatable bonds is 6.